The first-order valence-corrected chi connectivity index (χ1v) is 3.65. The summed E-state index contributed by atoms with van der Waals surface area (Å²) < 4.78 is 0. The molecule has 0 bridgehead atoms. The zero-order chi connectivity index (χ0) is 8.43. The lowest BCUT2D eigenvalue weighted by Crippen LogP contribution is -2.34. The van der Waals surface area contributed by atoms with Crippen molar-refractivity contribution >= 4 is 11.8 Å². The molecule has 2 N–H and O–H groups in total. The molecule has 0 saturated carbocycles. The highest BCUT2D eigenvalue weighted by atomic mass is 16.2. The highest BCUT2D eigenvalue weighted by Crippen LogP contribution is 2.15. The van der Waals surface area contributed by atoms with Crippen LogP contribution in [0.1, 0.15) is 13.3 Å². The van der Waals surface area contributed by atoms with E-state index in [1.807, 2.05) is 6.92 Å². The fourth-order valence-corrected chi connectivity index (χ4v) is 1.31. The van der Waals surface area contributed by atoms with Gasteiger partial charge in [-0.05, 0) is 5.92 Å². The van der Waals surface area contributed by atoms with E-state index in [4.69, 9.17) is 5.73 Å². The molecule has 0 spiro atoms. The van der Waals surface area contributed by atoms with E-state index in [1.165, 1.54) is 4.90 Å². The predicted octanol–water partition coefficient (Wildman–Crippen LogP) is -0.660. The monoisotopic (exact) mass is 156 g/mol. The molecule has 0 aliphatic carbocycles. The molecule has 4 nitrogen and oxygen atoms in total. The van der Waals surface area contributed by atoms with Gasteiger partial charge < -0.3 is 10.6 Å². The summed E-state index contributed by atoms with van der Waals surface area (Å²) in [7, 11) is 0. The standard InChI is InChI=1S/C7H12N2O2/c1-5-2-7(11)9(3-5)4-6(8)10/h5H,2-4H2,1H3,(H2,8,10)/t5-/m0/s1. The second kappa shape index (κ2) is 2.90. The number of rotatable bonds is 2. The highest BCUT2D eigenvalue weighted by molar-refractivity contribution is 5.85. The Morgan fingerprint density at radius 3 is 2.82 bits per heavy atom. The van der Waals surface area contributed by atoms with Crippen molar-refractivity contribution in [2.24, 2.45) is 11.7 Å². The Bertz CT molecular complexity index is 191. The van der Waals surface area contributed by atoms with Crippen LogP contribution < -0.4 is 5.73 Å². The van der Waals surface area contributed by atoms with Gasteiger partial charge in [0.05, 0.1) is 6.54 Å². The summed E-state index contributed by atoms with van der Waals surface area (Å²) in [5, 5.41) is 0. The number of hydrogen-bond acceptors (Lipinski definition) is 2. The van der Waals surface area contributed by atoms with E-state index >= 15 is 0 Å². The number of carbonyl (C=O) groups excluding carboxylic acids is 2. The minimum Gasteiger partial charge on any atom is -0.368 e. The summed E-state index contributed by atoms with van der Waals surface area (Å²) in [5.74, 6) is -0.0365. The number of primary amides is 1. The minimum atomic E-state index is -0.438. The molecule has 2 amide bonds. The zero-order valence-electron chi connectivity index (χ0n) is 6.54. The Kier molecular flexibility index (Phi) is 2.12. The molecule has 0 aromatic carbocycles. The SMILES string of the molecule is C[C@H]1CC(=O)N(CC(N)=O)C1. The second-order valence-corrected chi connectivity index (χ2v) is 3.05. The van der Waals surface area contributed by atoms with Gasteiger partial charge in [0.25, 0.3) is 0 Å². The average molecular weight is 156 g/mol. The van der Waals surface area contributed by atoms with Gasteiger partial charge in [0.15, 0.2) is 0 Å². The first-order chi connectivity index (χ1) is 5.09. The first-order valence-electron chi connectivity index (χ1n) is 3.65. The number of nitrogens with zero attached hydrogens (tertiary/aromatic N) is 1. The van der Waals surface area contributed by atoms with E-state index in [-0.39, 0.29) is 12.5 Å². The molecular formula is C7H12N2O2. The first kappa shape index (κ1) is 8.04. The highest BCUT2D eigenvalue weighted by Gasteiger charge is 2.26. The van der Waals surface area contributed by atoms with Gasteiger partial charge in [0.2, 0.25) is 11.8 Å². The van der Waals surface area contributed by atoms with Crippen LogP contribution in [0.25, 0.3) is 0 Å². The molecule has 0 radical (unpaired) electrons. The topological polar surface area (TPSA) is 63.4 Å². The molecule has 1 fully saturated rings. The summed E-state index contributed by atoms with van der Waals surface area (Å²) in [5.41, 5.74) is 4.95. The summed E-state index contributed by atoms with van der Waals surface area (Å²) in [6.45, 7) is 2.73. The number of nitrogens with two attached hydrogens (primary N) is 1. The quantitative estimate of drug-likeness (QED) is 0.577. The van der Waals surface area contributed by atoms with Crippen LogP contribution >= 0.6 is 0 Å². The van der Waals surface area contributed by atoms with Gasteiger partial charge in [-0.3, -0.25) is 9.59 Å². The Morgan fingerprint density at radius 2 is 2.45 bits per heavy atom. The largest absolute Gasteiger partial charge is 0.368 e. The van der Waals surface area contributed by atoms with Crippen LogP contribution in [0, 0.1) is 5.92 Å². The van der Waals surface area contributed by atoms with Crippen molar-refractivity contribution in [3.05, 3.63) is 0 Å². The van der Waals surface area contributed by atoms with E-state index in [0.29, 0.717) is 18.9 Å². The zero-order valence-corrected chi connectivity index (χ0v) is 6.54. The molecule has 11 heavy (non-hydrogen) atoms. The van der Waals surface area contributed by atoms with Crippen LogP contribution in [0.4, 0.5) is 0 Å². The molecule has 0 unspecified atom stereocenters. The van der Waals surface area contributed by atoms with Gasteiger partial charge >= 0.3 is 0 Å². The van der Waals surface area contributed by atoms with Crippen LogP contribution in [-0.4, -0.2) is 29.8 Å². The van der Waals surface area contributed by atoms with E-state index in [0.717, 1.165) is 0 Å². The Labute approximate surface area is 65.3 Å². The minimum absolute atomic E-state index is 0.0382. The van der Waals surface area contributed by atoms with E-state index in [9.17, 15) is 9.59 Å². The van der Waals surface area contributed by atoms with Gasteiger partial charge in [0.1, 0.15) is 0 Å². The summed E-state index contributed by atoms with van der Waals surface area (Å²) in [6.07, 6.45) is 0.549. The maximum Gasteiger partial charge on any atom is 0.237 e. The Morgan fingerprint density at radius 1 is 1.82 bits per heavy atom. The van der Waals surface area contributed by atoms with Crippen LogP contribution in [-0.2, 0) is 9.59 Å². The molecule has 0 aromatic heterocycles. The van der Waals surface area contributed by atoms with Crippen molar-refractivity contribution in [2.45, 2.75) is 13.3 Å². The fraction of sp³-hybridized carbons (Fsp3) is 0.714. The number of carbonyl (C=O) groups is 2. The summed E-state index contributed by atoms with van der Waals surface area (Å²) >= 11 is 0. The maximum absolute atomic E-state index is 11.0. The number of likely N-dealkylation sites (tertiary alicyclic amines) is 1. The van der Waals surface area contributed by atoms with Crippen molar-refractivity contribution in [1.29, 1.82) is 0 Å². The normalized spacial score (nSPS) is 24.3. The smallest absolute Gasteiger partial charge is 0.237 e. The van der Waals surface area contributed by atoms with Crippen molar-refractivity contribution < 1.29 is 9.59 Å². The third kappa shape index (κ3) is 1.93. The molecule has 0 aromatic rings. The molecule has 1 heterocycles. The molecule has 62 valence electrons. The van der Waals surface area contributed by atoms with E-state index < -0.39 is 5.91 Å². The maximum atomic E-state index is 11.0. The molecular weight excluding hydrogens is 144 g/mol. The Hall–Kier alpha value is -1.06. The second-order valence-electron chi connectivity index (χ2n) is 3.05. The molecule has 4 heteroatoms. The van der Waals surface area contributed by atoms with Crippen molar-refractivity contribution in [3.8, 4) is 0 Å². The van der Waals surface area contributed by atoms with Gasteiger partial charge in [-0.1, -0.05) is 6.92 Å². The molecule has 1 atom stereocenters. The predicted molar refractivity (Wildman–Crippen MR) is 39.6 cm³/mol. The van der Waals surface area contributed by atoms with Gasteiger partial charge in [0, 0.05) is 13.0 Å². The van der Waals surface area contributed by atoms with E-state index in [1.54, 1.807) is 0 Å². The van der Waals surface area contributed by atoms with Gasteiger partial charge in [-0.15, -0.1) is 0 Å². The summed E-state index contributed by atoms with van der Waals surface area (Å²) in [4.78, 5) is 23.0. The Balaban J connectivity index is 2.47. The third-order valence-electron chi connectivity index (χ3n) is 1.75. The van der Waals surface area contributed by atoms with E-state index in [2.05, 4.69) is 0 Å². The lowest BCUT2D eigenvalue weighted by Gasteiger charge is -2.12. The fourth-order valence-electron chi connectivity index (χ4n) is 1.31. The van der Waals surface area contributed by atoms with Gasteiger partial charge in [-0.2, -0.15) is 0 Å². The molecule has 1 rings (SSSR count). The van der Waals surface area contributed by atoms with Crippen LogP contribution in [0.3, 0.4) is 0 Å². The summed E-state index contributed by atoms with van der Waals surface area (Å²) in [6, 6.07) is 0. The average Bonchev–Trinajstić information content (AvgIpc) is 2.09. The van der Waals surface area contributed by atoms with Crippen molar-refractivity contribution in [1.82, 2.24) is 4.90 Å². The molecule has 1 aliphatic rings. The van der Waals surface area contributed by atoms with Crippen molar-refractivity contribution in [3.63, 3.8) is 0 Å². The number of amides is 2. The van der Waals surface area contributed by atoms with Gasteiger partial charge in [-0.25, -0.2) is 0 Å². The third-order valence-corrected chi connectivity index (χ3v) is 1.75. The van der Waals surface area contributed by atoms with Crippen LogP contribution in [0.2, 0.25) is 0 Å². The lowest BCUT2D eigenvalue weighted by molar-refractivity contribution is -0.132. The molecule has 1 aliphatic heterocycles. The number of hydrogen-bond donors (Lipinski definition) is 1. The van der Waals surface area contributed by atoms with Crippen molar-refractivity contribution in [2.75, 3.05) is 13.1 Å². The lowest BCUT2D eigenvalue weighted by atomic mass is 10.2. The van der Waals surface area contributed by atoms with Crippen LogP contribution in [0.15, 0.2) is 0 Å². The van der Waals surface area contributed by atoms with Crippen LogP contribution in [0.5, 0.6) is 0 Å². The molecule has 1 saturated heterocycles.